The quantitative estimate of drug-likeness (QED) is 0.199. The molecule has 0 aliphatic carbocycles. The second-order valence-corrected chi connectivity index (χ2v) is 11.9. The van der Waals surface area contributed by atoms with Crippen molar-refractivity contribution < 1.29 is 0 Å². The molecule has 1 aliphatic rings. The van der Waals surface area contributed by atoms with E-state index in [4.69, 9.17) is 9.98 Å². The summed E-state index contributed by atoms with van der Waals surface area (Å²) in [6, 6.07) is 56.0. The third kappa shape index (κ3) is 5.07. The summed E-state index contributed by atoms with van der Waals surface area (Å²) in [5.74, 6) is 1.68. The van der Waals surface area contributed by atoms with Gasteiger partial charge in [-0.25, -0.2) is 4.98 Å². The van der Waals surface area contributed by atoms with E-state index in [-0.39, 0.29) is 0 Å². The van der Waals surface area contributed by atoms with Crippen molar-refractivity contribution in [3.63, 3.8) is 0 Å². The van der Waals surface area contributed by atoms with Crippen molar-refractivity contribution in [2.75, 3.05) is 0 Å². The largest absolute Gasteiger partial charge is 0.292 e. The van der Waals surface area contributed by atoms with E-state index in [9.17, 15) is 0 Å². The van der Waals surface area contributed by atoms with Gasteiger partial charge in [-0.3, -0.25) is 9.56 Å². The Kier molecular flexibility index (Phi) is 6.92. The predicted octanol–water partition coefficient (Wildman–Crippen LogP) is 10.8. The summed E-state index contributed by atoms with van der Waals surface area (Å²) in [5, 5.41) is 0. The molecule has 6 aromatic carbocycles. The SMILES string of the molecule is CC1c2ccccc2N=C(c2ccc(-c3ccc(-c4nc5ccccc5n4-c4ccccc4)cc3)cc2)CC1c1ccccc1. The minimum atomic E-state index is 0.362. The van der Waals surface area contributed by atoms with Crippen LogP contribution in [0.2, 0.25) is 0 Å². The van der Waals surface area contributed by atoms with Crippen LogP contribution in [0.4, 0.5) is 5.69 Å². The summed E-state index contributed by atoms with van der Waals surface area (Å²) < 4.78 is 2.24. The Balaban J connectivity index is 1.11. The van der Waals surface area contributed by atoms with Crippen molar-refractivity contribution in [1.82, 2.24) is 9.55 Å². The van der Waals surface area contributed by atoms with Crippen molar-refractivity contribution >= 4 is 22.4 Å². The molecule has 0 bridgehead atoms. The van der Waals surface area contributed by atoms with Crippen LogP contribution in [0.3, 0.4) is 0 Å². The van der Waals surface area contributed by atoms with Crippen LogP contribution in [-0.2, 0) is 0 Å². The standard InChI is InChI=1S/C42H33N3/c1-29-36-16-8-9-17-38(36)43-40(28-37(29)32-12-4-2-5-13-32)33-24-20-30(21-25-33)31-22-26-34(27-23-31)42-44-39-18-10-11-19-41(39)45(42)35-14-6-3-7-15-35/h2-27,29,37H,28H2,1H3. The van der Waals surface area contributed by atoms with Crippen molar-refractivity contribution in [1.29, 1.82) is 0 Å². The molecule has 45 heavy (non-hydrogen) atoms. The number of aliphatic imine (C=N–C) groups is 1. The summed E-state index contributed by atoms with van der Waals surface area (Å²) >= 11 is 0. The second kappa shape index (κ2) is 11.5. The molecule has 7 aromatic rings. The molecule has 3 nitrogen and oxygen atoms in total. The molecule has 2 atom stereocenters. The fraction of sp³-hybridized carbons (Fsp3) is 0.0952. The fourth-order valence-electron chi connectivity index (χ4n) is 6.78. The first-order valence-electron chi connectivity index (χ1n) is 15.7. The maximum absolute atomic E-state index is 5.24. The summed E-state index contributed by atoms with van der Waals surface area (Å²) in [7, 11) is 0. The molecular formula is C42H33N3. The monoisotopic (exact) mass is 579 g/mol. The maximum atomic E-state index is 5.24. The molecule has 1 aromatic heterocycles. The second-order valence-electron chi connectivity index (χ2n) is 11.9. The Morgan fingerprint density at radius 2 is 1.13 bits per heavy atom. The number of hydrogen-bond acceptors (Lipinski definition) is 2. The van der Waals surface area contributed by atoms with Gasteiger partial charge in [-0.2, -0.15) is 0 Å². The first-order valence-corrected chi connectivity index (χ1v) is 15.7. The summed E-state index contributed by atoms with van der Waals surface area (Å²) in [6.07, 6.45) is 0.899. The predicted molar refractivity (Wildman–Crippen MR) is 187 cm³/mol. The van der Waals surface area contributed by atoms with Gasteiger partial charge in [0.2, 0.25) is 0 Å². The van der Waals surface area contributed by atoms with Gasteiger partial charge in [-0.05, 0) is 76.4 Å². The molecule has 1 aliphatic heterocycles. The van der Waals surface area contributed by atoms with E-state index in [1.54, 1.807) is 0 Å². The van der Waals surface area contributed by atoms with E-state index in [1.165, 1.54) is 27.8 Å². The molecule has 8 rings (SSSR count). The topological polar surface area (TPSA) is 30.2 Å². The molecule has 0 amide bonds. The van der Waals surface area contributed by atoms with E-state index in [2.05, 4.69) is 157 Å². The molecule has 2 unspecified atom stereocenters. The molecule has 0 saturated heterocycles. The van der Waals surface area contributed by atoms with Crippen molar-refractivity contribution in [2.45, 2.75) is 25.2 Å². The van der Waals surface area contributed by atoms with Gasteiger partial charge in [0.05, 0.1) is 16.7 Å². The molecule has 0 spiro atoms. The lowest BCUT2D eigenvalue weighted by molar-refractivity contribution is 0.600. The zero-order chi connectivity index (χ0) is 30.2. The number of aromatic nitrogens is 2. The Hall–Kier alpha value is -5.54. The Morgan fingerprint density at radius 1 is 0.556 bits per heavy atom. The average molecular weight is 580 g/mol. The number of fused-ring (bicyclic) bond motifs is 2. The highest BCUT2D eigenvalue weighted by atomic mass is 15.1. The Morgan fingerprint density at radius 3 is 1.87 bits per heavy atom. The maximum Gasteiger partial charge on any atom is 0.145 e. The van der Waals surface area contributed by atoms with E-state index in [1.807, 2.05) is 12.1 Å². The van der Waals surface area contributed by atoms with E-state index in [0.29, 0.717) is 11.8 Å². The number of benzene rings is 6. The third-order valence-electron chi connectivity index (χ3n) is 9.20. The molecule has 216 valence electrons. The summed E-state index contributed by atoms with van der Waals surface area (Å²) in [6.45, 7) is 2.34. The lowest BCUT2D eigenvalue weighted by atomic mass is 9.79. The van der Waals surface area contributed by atoms with Crippen molar-refractivity contribution in [3.05, 3.63) is 174 Å². The van der Waals surface area contributed by atoms with Gasteiger partial charge >= 0.3 is 0 Å². The van der Waals surface area contributed by atoms with Crippen LogP contribution < -0.4 is 0 Å². The van der Waals surface area contributed by atoms with Gasteiger partial charge in [0, 0.05) is 17.0 Å². The molecule has 0 saturated carbocycles. The number of imidazole rings is 1. The third-order valence-corrected chi connectivity index (χ3v) is 9.20. The van der Waals surface area contributed by atoms with Gasteiger partial charge < -0.3 is 0 Å². The van der Waals surface area contributed by atoms with Gasteiger partial charge in [-0.1, -0.05) is 134 Å². The first-order chi connectivity index (χ1) is 22.2. The van der Waals surface area contributed by atoms with Gasteiger partial charge in [0.15, 0.2) is 0 Å². The number of nitrogens with zero attached hydrogens (tertiary/aromatic N) is 3. The average Bonchev–Trinajstić information content (AvgIpc) is 3.43. The Labute approximate surface area is 264 Å². The molecule has 2 heterocycles. The number of hydrogen-bond donors (Lipinski definition) is 0. The highest BCUT2D eigenvalue weighted by Gasteiger charge is 2.28. The van der Waals surface area contributed by atoms with Gasteiger partial charge in [0.1, 0.15) is 5.82 Å². The van der Waals surface area contributed by atoms with Crippen LogP contribution in [0.15, 0.2) is 163 Å². The molecular weight excluding hydrogens is 546 g/mol. The lowest BCUT2D eigenvalue weighted by Gasteiger charge is -2.24. The highest BCUT2D eigenvalue weighted by molar-refractivity contribution is 6.03. The molecule has 0 fully saturated rings. The lowest BCUT2D eigenvalue weighted by Crippen LogP contribution is -2.12. The van der Waals surface area contributed by atoms with Crippen molar-refractivity contribution in [3.8, 4) is 28.2 Å². The zero-order valence-corrected chi connectivity index (χ0v) is 25.2. The van der Waals surface area contributed by atoms with E-state index in [0.717, 1.165) is 45.9 Å². The van der Waals surface area contributed by atoms with Crippen LogP contribution in [0.5, 0.6) is 0 Å². The van der Waals surface area contributed by atoms with E-state index < -0.39 is 0 Å². The van der Waals surface area contributed by atoms with Crippen LogP contribution in [0, 0.1) is 0 Å². The van der Waals surface area contributed by atoms with Crippen LogP contribution in [0.1, 0.15) is 41.9 Å². The molecule has 0 radical (unpaired) electrons. The molecule has 3 heteroatoms. The normalized spacial score (nSPS) is 16.2. The first kappa shape index (κ1) is 27.0. The smallest absolute Gasteiger partial charge is 0.145 e. The fourth-order valence-corrected chi connectivity index (χ4v) is 6.78. The number of para-hydroxylation sites is 4. The summed E-state index contributed by atoms with van der Waals surface area (Å²) in [4.78, 5) is 10.3. The highest BCUT2D eigenvalue weighted by Crippen LogP contribution is 2.43. The van der Waals surface area contributed by atoms with Crippen LogP contribution in [-0.4, -0.2) is 15.3 Å². The van der Waals surface area contributed by atoms with Gasteiger partial charge in [0.25, 0.3) is 0 Å². The van der Waals surface area contributed by atoms with E-state index >= 15 is 0 Å². The van der Waals surface area contributed by atoms with Crippen LogP contribution >= 0.6 is 0 Å². The number of rotatable bonds is 5. The zero-order valence-electron chi connectivity index (χ0n) is 25.2. The van der Waals surface area contributed by atoms with Crippen LogP contribution in [0.25, 0.3) is 39.2 Å². The Bertz CT molecular complexity index is 2120. The molecule has 0 N–H and O–H groups in total. The summed E-state index contributed by atoms with van der Waals surface area (Å²) in [5.41, 5.74) is 12.7. The minimum absolute atomic E-state index is 0.362. The van der Waals surface area contributed by atoms with Gasteiger partial charge in [-0.15, -0.1) is 0 Å². The van der Waals surface area contributed by atoms with Crippen molar-refractivity contribution in [2.24, 2.45) is 4.99 Å². The minimum Gasteiger partial charge on any atom is -0.292 e.